The number of amides is 2. The van der Waals surface area contributed by atoms with Crippen molar-refractivity contribution in [2.75, 3.05) is 13.1 Å². The fourth-order valence-corrected chi connectivity index (χ4v) is 3.77. The summed E-state index contributed by atoms with van der Waals surface area (Å²) in [6.07, 6.45) is 1.99. The normalized spacial score (nSPS) is 15.3. The van der Waals surface area contributed by atoms with E-state index in [4.69, 9.17) is 11.6 Å². The smallest absolute Gasteiger partial charge is 0.253 e. The van der Waals surface area contributed by atoms with E-state index >= 15 is 0 Å². The minimum atomic E-state index is 0.000798. The highest BCUT2D eigenvalue weighted by Crippen LogP contribution is 2.17. The highest BCUT2D eigenvalue weighted by atomic mass is 35.5. The lowest BCUT2D eigenvalue weighted by Gasteiger charge is -2.32. The molecule has 0 unspecified atom stereocenters. The van der Waals surface area contributed by atoms with E-state index in [1.54, 1.807) is 35.6 Å². The zero-order valence-corrected chi connectivity index (χ0v) is 14.8. The van der Waals surface area contributed by atoms with Gasteiger partial charge in [-0.15, -0.1) is 11.3 Å². The number of thiophene rings is 1. The van der Waals surface area contributed by atoms with Gasteiger partial charge in [0.15, 0.2) is 0 Å². The quantitative estimate of drug-likeness (QED) is 0.906. The van der Waals surface area contributed by atoms with Crippen LogP contribution in [0, 0.1) is 0 Å². The topological polar surface area (TPSA) is 49.4 Å². The molecular weight excluding hydrogens is 344 g/mol. The Kier molecular flexibility index (Phi) is 5.53. The minimum absolute atomic E-state index is 0.000798. The summed E-state index contributed by atoms with van der Waals surface area (Å²) >= 11 is 7.54. The molecule has 126 valence electrons. The van der Waals surface area contributed by atoms with Gasteiger partial charge in [0.05, 0.1) is 6.42 Å². The Balaban J connectivity index is 1.48. The Morgan fingerprint density at radius 2 is 2.00 bits per heavy atom. The standard InChI is InChI=1S/C18H19ClN2O2S/c19-14-4-1-3-13(11-14)18(23)21-8-6-15(7-9-21)20-17(22)12-16-5-2-10-24-16/h1-5,10-11,15H,6-9,12H2,(H,20,22). The Bertz CT molecular complexity index is 710. The number of piperidine rings is 1. The van der Waals surface area contributed by atoms with Crippen LogP contribution in [0.15, 0.2) is 41.8 Å². The molecule has 1 aliphatic rings. The molecule has 1 aromatic carbocycles. The second kappa shape index (κ2) is 7.81. The predicted molar refractivity (Wildman–Crippen MR) is 96.5 cm³/mol. The van der Waals surface area contributed by atoms with Gasteiger partial charge in [0.2, 0.25) is 5.91 Å². The monoisotopic (exact) mass is 362 g/mol. The zero-order valence-electron chi connectivity index (χ0n) is 13.2. The van der Waals surface area contributed by atoms with Crippen LogP contribution in [0.25, 0.3) is 0 Å². The molecule has 0 spiro atoms. The maximum atomic E-state index is 12.5. The summed E-state index contributed by atoms with van der Waals surface area (Å²) in [5, 5.41) is 5.62. The molecule has 1 N–H and O–H groups in total. The molecule has 24 heavy (non-hydrogen) atoms. The lowest BCUT2D eigenvalue weighted by Crippen LogP contribution is -2.46. The lowest BCUT2D eigenvalue weighted by molar-refractivity contribution is -0.121. The summed E-state index contributed by atoms with van der Waals surface area (Å²) in [4.78, 5) is 27.4. The fraction of sp³-hybridized carbons (Fsp3) is 0.333. The Hall–Kier alpha value is -1.85. The maximum Gasteiger partial charge on any atom is 0.253 e. The van der Waals surface area contributed by atoms with Crippen LogP contribution in [0.5, 0.6) is 0 Å². The van der Waals surface area contributed by atoms with E-state index in [0.717, 1.165) is 17.7 Å². The van der Waals surface area contributed by atoms with Gasteiger partial charge in [-0.3, -0.25) is 9.59 Å². The third kappa shape index (κ3) is 4.36. The van der Waals surface area contributed by atoms with Crippen molar-refractivity contribution in [1.29, 1.82) is 0 Å². The molecule has 4 nitrogen and oxygen atoms in total. The van der Waals surface area contributed by atoms with Crippen molar-refractivity contribution in [3.63, 3.8) is 0 Å². The van der Waals surface area contributed by atoms with E-state index in [1.807, 2.05) is 22.4 Å². The summed E-state index contributed by atoms with van der Waals surface area (Å²) in [5.41, 5.74) is 0.614. The summed E-state index contributed by atoms with van der Waals surface area (Å²) < 4.78 is 0. The average molecular weight is 363 g/mol. The molecule has 0 radical (unpaired) electrons. The third-order valence-corrected chi connectivity index (χ3v) is 5.25. The summed E-state index contributed by atoms with van der Waals surface area (Å²) in [7, 11) is 0. The van der Waals surface area contributed by atoms with Crippen molar-refractivity contribution >= 4 is 34.8 Å². The largest absolute Gasteiger partial charge is 0.353 e. The van der Waals surface area contributed by atoms with Gasteiger partial charge in [-0.05, 0) is 42.5 Å². The van der Waals surface area contributed by atoms with E-state index in [-0.39, 0.29) is 17.9 Å². The third-order valence-electron chi connectivity index (χ3n) is 4.13. The molecule has 6 heteroatoms. The van der Waals surface area contributed by atoms with Gasteiger partial charge in [-0.2, -0.15) is 0 Å². The van der Waals surface area contributed by atoms with Gasteiger partial charge in [0, 0.05) is 34.6 Å². The van der Waals surface area contributed by atoms with Crippen LogP contribution < -0.4 is 5.32 Å². The number of halogens is 1. The van der Waals surface area contributed by atoms with Crippen LogP contribution in [-0.2, 0) is 11.2 Å². The zero-order chi connectivity index (χ0) is 16.9. The first kappa shape index (κ1) is 17.0. The van der Waals surface area contributed by atoms with Gasteiger partial charge in [0.25, 0.3) is 5.91 Å². The highest BCUT2D eigenvalue weighted by molar-refractivity contribution is 7.10. The van der Waals surface area contributed by atoms with Crippen molar-refractivity contribution < 1.29 is 9.59 Å². The summed E-state index contributed by atoms with van der Waals surface area (Å²) in [6, 6.07) is 11.1. The fourth-order valence-electron chi connectivity index (χ4n) is 2.88. The number of likely N-dealkylation sites (tertiary alicyclic amines) is 1. The van der Waals surface area contributed by atoms with Crippen molar-refractivity contribution in [3.8, 4) is 0 Å². The van der Waals surface area contributed by atoms with Crippen LogP contribution in [0.2, 0.25) is 5.02 Å². The molecule has 0 saturated carbocycles. The first-order chi connectivity index (χ1) is 11.6. The van der Waals surface area contributed by atoms with Crippen LogP contribution in [0.3, 0.4) is 0 Å². The van der Waals surface area contributed by atoms with Crippen molar-refractivity contribution in [1.82, 2.24) is 10.2 Å². The van der Waals surface area contributed by atoms with Crippen molar-refractivity contribution in [3.05, 3.63) is 57.2 Å². The molecular formula is C18H19ClN2O2S. The highest BCUT2D eigenvalue weighted by Gasteiger charge is 2.24. The number of hydrogen-bond acceptors (Lipinski definition) is 3. The molecule has 1 saturated heterocycles. The van der Waals surface area contributed by atoms with Gasteiger partial charge in [-0.25, -0.2) is 0 Å². The molecule has 1 fully saturated rings. The number of benzene rings is 1. The predicted octanol–water partition coefficient (Wildman–Crippen LogP) is 3.37. The van der Waals surface area contributed by atoms with E-state index in [2.05, 4.69) is 5.32 Å². The van der Waals surface area contributed by atoms with Gasteiger partial charge in [0.1, 0.15) is 0 Å². The number of hydrogen-bond donors (Lipinski definition) is 1. The van der Waals surface area contributed by atoms with E-state index in [1.165, 1.54) is 0 Å². The number of carbonyl (C=O) groups excluding carboxylic acids is 2. The Morgan fingerprint density at radius 1 is 1.21 bits per heavy atom. The maximum absolute atomic E-state index is 12.5. The Labute approximate surface area is 150 Å². The minimum Gasteiger partial charge on any atom is -0.353 e. The molecule has 2 aromatic rings. The van der Waals surface area contributed by atoms with Gasteiger partial charge >= 0.3 is 0 Å². The molecule has 2 heterocycles. The second-order valence-electron chi connectivity index (χ2n) is 5.90. The molecule has 0 bridgehead atoms. The van der Waals surface area contributed by atoms with Gasteiger partial charge in [-0.1, -0.05) is 23.7 Å². The number of nitrogens with one attached hydrogen (secondary N) is 1. The van der Waals surface area contributed by atoms with Crippen LogP contribution >= 0.6 is 22.9 Å². The van der Waals surface area contributed by atoms with Crippen molar-refractivity contribution in [2.45, 2.75) is 25.3 Å². The number of carbonyl (C=O) groups is 2. The van der Waals surface area contributed by atoms with E-state index < -0.39 is 0 Å². The number of nitrogens with zero attached hydrogens (tertiary/aromatic N) is 1. The Morgan fingerprint density at radius 3 is 2.67 bits per heavy atom. The molecule has 1 aliphatic heterocycles. The lowest BCUT2D eigenvalue weighted by atomic mass is 10.0. The molecule has 0 atom stereocenters. The first-order valence-corrected chi connectivity index (χ1v) is 9.24. The van der Waals surface area contributed by atoms with Crippen molar-refractivity contribution in [2.24, 2.45) is 0 Å². The molecule has 2 amide bonds. The molecule has 0 aliphatic carbocycles. The van der Waals surface area contributed by atoms with Crippen LogP contribution in [-0.4, -0.2) is 35.8 Å². The van der Waals surface area contributed by atoms with Crippen LogP contribution in [0.1, 0.15) is 28.1 Å². The molecule has 1 aromatic heterocycles. The summed E-state index contributed by atoms with van der Waals surface area (Å²) in [6.45, 7) is 1.30. The first-order valence-electron chi connectivity index (χ1n) is 7.98. The van der Waals surface area contributed by atoms with E-state index in [0.29, 0.717) is 30.1 Å². The van der Waals surface area contributed by atoms with Gasteiger partial charge < -0.3 is 10.2 Å². The molecule has 3 rings (SSSR count). The van der Waals surface area contributed by atoms with Crippen LogP contribution in [0.4, 0.5) is 0 Å². The second-order valence-corrected chi connectivity index (χ2v) is 7.37. The average Bonchev–Trinajstić information content (AvgIpc) is 3.07. The summed E-state index contributed by atoms with van der Waals surface area (Å²) in [5.74, 6) is 0.0536. The number of rotatable bonds is 4. The van der Waals surface area contributed by atoms with E-state index in [9.17, 15) is 9.59 Å². The SMILES string of the molecule is O=C(Cc1cccs1)NC1CCN(C(=O)c2cccc(Cl)c2)CC1.